The second-order valence-electron chi connectivity index (χ2n) is 6.01. The van der Waals surface area contributed by atoms with Gasteiger partial charge in [-0.05, 0) is 58.8 Å². The highest BCUT2D eigenvalue weighted by Crippen LogP contribution is 2.25. The summed E-state index contributed by atoms with van der Waals surface area (Å²) < 4.78 is 3.09. The maximum absolute atomic E-state index is 9.72. The molecule has 124 valence electrons. The summed E-state index contributed by atoms with van der Waals surface area (Å²) >= 11 is 3.52. The van der Waals surface area contributed by atoms with Crippen LogP contribution in [-0.2, 0) is 0 Å². The number of fused-ring (bicyclic) bond motifs is 1. The average molecular weight is 399 g/mol. The van der Waals surface area contributed by atoms with Crippen LogP contribution in [0.4, 0.5) is 0 Å². The van der Waals surface area contributed by atoms with E-state index < -0.39 is 0 Å². The van der Waals surface area contributed by atoms with Crippen LogP contribution in [0.3, 0.4) is 0 Å². The van der Waals surface area contributed by atoms with Gasteiger partial charge in [-0.15, -0.1) is 0 Å². The first-order valence-electron chi connectivity index (χ1n) is 8.29. The van der Waals surface area contributed by atoms with Gasteiger partial charge in [0.2, 0.25) is 0 Å². The number of rotatable bonds is 3. The van der Waals surface area contributed by atoms with Crippen LogP contribution < -0.4 is 0 Å². The number of benzene rings is 3. The molecule has 3 aromatic carbocycles. The minimum Gasteiger partial charge on any atom is -0.317 e. The molecule has 0 bridgehead atoms. The Morgan fingerprint density at radius 2 is 1.73 bits per heavy atom. The van der Waals surface area contributed by atoms with Crippen LogP contribution in [0.2, 0.25) is 0 Å². The van der Waals surface area contributed by atoms with Crippen molar-refractivity contribution in [1.29, 1.82) is 5.26 Å². The molecule has 4 rings (SSSR count). The molecule has 3 heteroatoms. The molecule has 0 saturated carbocycles. The summed E-state index contributed by atoms with van der Waals surface area (Å²) in [5, 5.41) is 12.0. The summed E-state index contributed by atoms with van der Waals surface area (Å²) in [4.78, 5) is 0. The van der Waals surface area contributed by atoms with Gasteiger partial charge in [-0.3, -0.25) is 0 Å². The molecule has 4 aromatic rings. The van der Waals surface area contributed by atoms with E-state index in [4.69, 9.17) is 0 Å². The summed E-state index contributed by atoms with van der Waals surface area (Å²) in [5.41, 5.74) is 3.58. The maximum Gasteiger partial charge on any atom is 0.0998 e. The van der Waals surface area contributed by atoms with Crippen molar-refractivity contribution in [2.75, 3.05) is 0 Å². The zero-order valence-electron chi connectivity index (χ0n) is 13.9. The first kappa shape index (κ1) is 16.4. The number of halogens is 1. The second kappa shape index (κ2) is 7.03. The topological polar surface area (TPSA) is 28.7 Å². The van der Waals surface area contributed by atoms with E-state index in [1.165, 1.54) is 5.39 Å². The Balaban J connectivity index is 1.79. The van der Waals surface area contributed by atoms with Crippen LogP contribution in [0.25, 0.3) is 28.1 Å². The van der Waals surface area contributed by atoms with Gasteiger partial charge in [0.1, 0.15) is 0 Å². The lowest BCUT2D eigenvalue weighted by atomic mass is 10.0. The third kappa shape index (κ3) is 3.20. The molecular weight excluding hydrogens is 384 g/mol. The highest BCUT2D eigenvalue weighted by atomic mass is 79.9. The molecule has 0 aliphatic carbocycles. The number of hydrogen-bond donors (Lipinski definition) is 0. The van der Waals surface area contributed by atoms with Gasteiger partial charge in [-0.25, -0.2) is 0 Å². The number of nitriles is 1. The van der Waals surface area contributed by atoms with Gasteiger partial charge in [-0.2, -0.15) is 5.26 Å². The van der Waals surface area contributed by atoms with E-state index in [1.54, 1.807) is 0 Å². The van der Waals surface area contributed by atoms with Gasteiger partial charge in [0, 0.05) is 22.1 Å². The van der Waals surface area contributed by atoms with Gasteiger partial charge in [0.05, 0.1) is 11.6 Å². The van der Waals surface area contributed by atoms with Gasteiger partial charge < -0.3 is 4.57 Å². The summed E-state index contributed by atoms with van der Waals surface area (Å²) in [6, 6.07) is 28.8. The molecule has 1 heterocycles. The van der Waals surface area contributed by atoms with Crippen LogP contribution in [-0.4, -0.2) is 4.57 Å². The van der Waals surface area contributed by atoms with E-state index >= 15 is 0 Å². The molecule has 0 fully saturated rings. The van der Waals surface area contributed by atoms with Crippen LogP contribution in [0, 0.1) is 11.3 Å². The molecule has 1 aromatic heterocycles. The van der Waals surface area contributed by atoms with E-state index in [0.717, 1.165) is 26.8 Å². The molecule has 26 heavy (non-hydrogen) atoms. The lowest BCUT2D eigenvalue weighted by Crippen LogP contribution is -1.95. The summed E-state index contributed by atoms with van der Waals surface area (Å²) in [7, 11) is 0. The first-order valence-corrected chi connectivity index (χ1v) is 9.08. The van der Waals surface area contributed by atoms with Crippen molar-refractivity contribution in [3.8, 4) is 11.8 Å². The molecule has 2 nitrogen and oxygen atoms in total. The Labute approximate surface area is 160 Å². The van der Waals surface area contributed by atoms with Crippen LogP contribution >= 0.6 is 15.9 Å². The van der Waals surface area contributed by atoms with Crippen molar-refractivity contribution >= 4 is 38.4 Å². The normalized spacial score (nSPS) is 11.5. The van der Waals surface area contributed by atoms with E-state index in [-0.39, 0.29) is 0 Å². The van der Waals surface area contributed by atoms with E-state index in [1.807, 2.05) is 60.8 Å². The predicted molar refractivity (Wildman–Crippen MR) is 111 cm³/mol. The van der Waals surface area contributed by atoms with Crippen LogP contribution in [0.15, 0.2) is 89.5 Å². The number of allylic oxidation sites excluding steroid dienone is 1. The minimum absolute atomic E-state index is 0.644. The fraction of sp³-hybridized carbons (Fsp3) is 0. The third-order valence-corrected chi connectivity index (χ3v) is 4.83. The summed E-state index contributed by atoms with van der Waals surface area (Å²) in [6.07, 6.45) is 3.94. The maximum atomic E-state index is 9.72. The summed E-state index contributed by atoms with van der Waals surface area (Å²) in [5.74, 6) is 0. The Morgan fingerprint density at radius 3 is 2.54 bits per heavy atom. The van der Waals surface area contributed by atoms with Crippen molar-refractivity contribution in [2.45, 2.75) is 0 Å². The van der Waals surface area contributed by atoms with E-state index in [2.05, 4.69) is 56.9 Å². The fourth-order valence-electron chi connectivity index (χ4n) is 3.06. The fourth-order valence-corrected chi connectivity index (χ4v) is 3.44. The van der Waals surface area contributed by atoms with Crippen LogP contribution in [0.1, 0.15) is 11.3 Å². The quantitative estimate of drug-likeness (QED) is 0.364. The highest BCUT2D eigenvalue weighted by Gasteiger charge is 2.06. The molecule has 0 amide bonds. The van der Waals surface area contributed by atoms with Crippen molar-refractivity contribution in [2.24, 2.45) is 0 Å². The molecule has 0 spiro atoms. The molecular formula is C23H15BrN2. The lowest BCUT2D eigenvalue weighted by molar-refractivity contribution is 1.06. The average Bonchev–Trinajstić information content (AvgIpc) is 3.14. The van der Waals surface area contributed by atoms with E-state index in [0.29, 0.717) is 5.57 Å². The van der Waals surface area contributed by atoms with Gasteiger partial charge in [-0.1, -0.05) is 58.4 Å². The van der Waals surface area contributed by atoms with Crippen molar-refractivity contribution in [3.05, 3.63) is 101 Å². The van der Waals surface area contributed by atoms with Gasteiger partial charge >= 0.3 is 0 Å². The number of aromatic nitrogens is 1. The van der Waals surface area contributed by atoms with Gasteiger partial charge in [0.15, 0.2) is 0 Å². The van der Waals surface area contributed by atoms with Crippen LogP contribution in [0.5, 0.6) is 0 Å². The second-order valence-corrected chi connectivity index (χ2v) is 6.93. The Kier molecular flexibility index (Phi) is 4.43. The lowest BCUT2D eigenvalue weighted by Gasteiger charge is -2.08. The standard InChI is InChI=1S/C23H15BrN2/c24-21-7-3-8-23(15-21)26-12-4-9-22(26)14-20(16-25)19-11-10-17-5-1-2-6-18(17)13-19/h1-15H/b20-14-. The molecule has 0 aliphatic rings. The number of hydrogen-bond acceptors (Lipinski definition) is 1. The third-order valence-electron chi connectivity index (χ3n) is 4.34. The van der Waals surface area contributed by atoms with Crippen molar-refractivity contribution in [1.82, 2.24) is 4.57 Å². The van der Waals surface area contributed by atoms with E-state index in [9.17, 15) is 5.26 Å². The number of nitrogens with zero attached hydrogens (tertiary/aromatic N) is 2. The first-order chi connectivity index (χ1) is 12.7. The predicted octanol–water partition coefficient (Wildman–Crippen LogP) is 6.46. The molecule has 0 saturated heterocycles. The highest BCUT2D eigenvalue weighted by molar-refractivity contribution is 9.10. The SMILES string of the molecule is N#C/C(=C/c1cccn1-c1cccc(Br)c1)c1ccc2ccccc2c1. The Hall–Kier alpha value is -3.09. The smallest absolute Gasteiger partial charge is 0.0998 e. The zero-order valence-corrected chi connectivity index (χ0v) is 15.5. The molecule has 0 radical (unpaired) electrons. The molecule has 0 unspecified atom stereocenters. The Bertz CT molecular complexity index is 1160. The minimum atomic E-state index is 0.644. The zero-order chi connectivity index (χ0) is 17.9. The van der Waals surface area contributed by atoms with Gasteiger partial charge in [0.25, 0.3) is 0 Å². The monoisotopic (exact) mass is 398 g/mol. The molecule has 0 aliphatic heterocycles. The Morgan fingerprint density at radius 1 is 0.885 bits per heavy atom. The largest absolute Gasteiger partial charge is 0.317 e. The van der Waals surface area contributed by atoms with Crippen molar-refractivity contribution < 1.29 is 0 Å². The molecule has 0 N–H and O–H groups in total. The summed E-state index contributed by atoms with van der Waals surface area (Å²) in [6.45, 7) is 0. The van der Waals surface area contributed by atoms with Crippen molar-refractivity contribution in [3.63, 3.8) is 0 Å². The molecule has 0 atom stereocenters.